The first-order chi connectivity index (χ1) is 10.8. The van der Waals surface area contributed by atoms with Gasteiger partial charge in [0.05, 0.1) is 0 Å². The number of fused-ring (bicyclic) bond motifs is 2. The highest BCUT2D eigenvalue weighted by Gasteiger charge is 2.36. The second-order valence-electron chi connectivity index (χ2n) is 6.25. The van der Waals surface area contributed by atoms with Crippen molar-refractivity contribution in [2.45, 2.75) is 54.2 Å². The highest BCUT2D eigenvalue weighted by Crippen LogP contribution is 2.37. The van der Waals surface area contributed by atoms with E-state index in [1.807, 2.05) is 0 Å². The molecule has 2 saturated heterocycles. The Labute approximate surface area is 149 Å². The number of benzene rings is 1. The van der Waals surface area contributed by atoms with Crippen molar-refractivity contribution in [3.8, 4) is 0 Å². The van der Waals surface area contributed by atoms with Gasteiger partial charge in [0.25, 0.3) is 5.91 Å². The average Bonchev–Trinajstić information content (AvgIpc) is 2.83. The van der Waals surface area contributed by atoms with Gasteiger partial charge in [-0.3, -0.25) is 4.79 Å². The van der Waals surface area contributed by atoms with Gasteiger partial charge in [-0.15, -0.1) is 12.4 Å². The zero-order chi connectivity index (χ0) is 16.6. The lowest BCUT2D eigenvalue weighted by Crippen LogP contribution is -2.48. The summed E-state index contributed by atoms with van der Waals surface area (Å²) in [6.07, 6.45) is 4.21. The van der Waals surface area contributed by atoms with E-state index in [1.54, 1.807) is 11.9 Å². The van der Waals surface area contributed by atoms with E-state index in [9.17, 15) is 18.0 Å². The van der Waals surface area contributed by atoms with Gasteiger partial charge < -0.3 is 10.2 Å². The Balaban J connectivity index is 0.00000208. The molecule has 3 nitrogen and oxygen atoms in total. The fourth-order valence-corrected chi connectivity index (χ4v) is 4.05. The number of piperidine rings is 1. The predicted octanol–water partition coefficient (Wildman–Crippen LogP) is 4.08. The summed E-state index contributed by atoms with van der Waals surface area (Å²) in [7, 11) is 1.79. The Hall–Kier alpha value is -0.920. The molecule has 2 bridgehead atoms. The molecule has 1 amide bonds. The van der Waals surface area contributed by atoms with Crippen LogP contribution in [0, 0.1) is 0 Å². The molecule has 1 aromatic rings. The van der Waals surface area contributed by atoms with Crippen molar-refractivity contribution >= 4 is 30.1 Å². The molecular formula is C16H20ClF3N2OS. The number of amides is 1. The number of nitrogens with one attached hydrogen (secondary N) is 1. The second kappa shape index (κ2) is 7.54. The number of nitrogens with zero attached hydrogens (tertiary/aromatic N) is 1. The number of alkyl halides is 3. The van der Waals surface area contributed by atoms with Gasteiger partial charge in [0, 0.05) is 35.6 Å². The number of carbonyl (C=O) groups is 1. The first-order valence-corrected chi connectivity index (χ1v) is 8.52. The molecule has 134 valence electrons. The molecule has 2 heterocycles. The number of thioether (sulfide) groups is 1. The molecule has 24 heavy (non-hydrogen) atoms. The Morgan fingerprint density at radius 2 is 1.71 bits per heavy atom. The van der Waals surface area contributed by atoms with Crippen LogP contribution in [0.5, 0.6) is 0 Å². The predicted molar refractivity (Wildman–Crippen MR) is 90.7 cm³/mol. The van der Waals surface area contributed by atoms with Gasteiger partial charge >= 0.3 is 5.51 Å². The smallest absolute Gasteiger partial charge is 0.339 e. The van der Waals surface area contributed by atoms with E-state index < -0.39 is 5.51 Å². The first-order valence-electron chi connectivity index (χ1n) is 7.71. The van der Waals surface area contributed by atoms with Gasteiger partial charge in [0.15, 0.2) is 0 Å². The lowest BCUT2D eigenvalue weighted by Gasteiger charge is -2.35. The molecule has 2 fully saturated rings. The summed E-state index contributed by atoms with van der Waals surface area (Å²) in [4.78, 5) is 14.4. The van der Waals surface area contributed by atoms with E-state index >= 15 is 0 Å². The molecule has 0 aromatic heterocycles. The molecule has 0 saturated carbocycles. The largest absolute Gasteiger partial charge is 0.446 e. The number of hydrogen-bond acceptors (Lipinski definition) is 3. The van der Waals surface area contributed by atoms with Gasteiger partial charge in [-0.2, -0.15) is 13.2 Å². The van der Waals surface area contributed by atoms with Crippen molar-refractivity contribution in [1.29, 1.82) is 0 Å². The third-order valence-corrected chi connectivity index (χ3v) is 5.39. The van der Waals surface area contributed by atoms with Crippen molar-refractivity contribution < 1.29 is 18.0 Å². The van der Waals surface area contributed by atoms with Crippen LogP contribution >= 0.6 is 24.2 Å². The van der Waals surface area contributed by atoms with Crippen LogP contribution in [0.25, 0.3) is 0 Å². The molecule has 2 atom stereocenters. The van der Waals surface area contributed by atoms with Gasteiger partial charge in [0.2, 0.25) is 0 Å². The second-order valence-corrected chi connectivity index (χ2v) is 7.39. The molecule has 1 aromatic carbocycles. The Kier molecular flexibility index (Phi) is 6.09. The summed E-state index contributed by atoms with van der Waals surface area (Å²) in [5.74, 6) is -0.125. The molecule has 2 aliphatic heterocycles. The van der Waals surface area contributed by atoms with E-state index in [1.165, 1.54) is 24.3 Å². The van der Waals surface area contributed by atoms with Gasteiger partial charge in [-0.25, -0.2) is 0 Å². The number of halogens is 4. The summed E-state index contributed by atoms with van der Waals surface area (Å²) in [5.41, 5.74) is -3.87. The third-order valence-electron chi connectivity index (χ3n) is 4.65. The molecule has 8 heteroatoms. The van der Waals surface area contributed by atoms with E-state index in [2.05, 4.69) is 5.32 Å². The summed E-state index contributed by atoms with van der Waals surface area (Å²) < 4.78 is 37.0. The first kappa shape index (κ1) is 19.4. The lowest BCUT2D eigenvalue weighted by atomic mass is 9.98. The molecule has 0 radical (unpaired) electrons. The van der Waals surface area contributed by atoms with Gasteiger partial charge in [0.1, 0.15) is 0 Å². The van der Waals surface area contributed by atoms with E-state index in [0.29, 0.717) is 17.6 Å². The van der Waals surface area contributed by atoms with Crippen LogP contribution in [0.1, 0.15) is 36.0 Å². The summed E-state index contributed by atoms with van der Waals surface area (Å²) >= 11 is -0.167. The van der Waals surface area contributed by atoms with Crippen molar-refractivity contribution in [1.82, 2.24) is 10.2 Å². The summed E-state index contributed by atoms with van der Waals surface area (Å²) in [6, 6.07) is 6.83. The fraction of sp³-hybridized carbons (Fsp3) is 0.562. The SMILES string of the molecule is CN(C(=O)c1ccc(SC(F)(F)F)cc1)C1CC2CCC(C1)N2.Cl. The summed E-state index contributed by atoms with van der Waals surface area (Å²) in [5, 5.41) is 3.54. The summed E-state index contributed by atoms with van der Waals surface area (Å²) in [6.45, 7) is 0. The molecule has 0 aliphatic carbocycles. The topological polar surface area (TPSA) is 32.3 Å². The van der Waals surface area contributed by atoms with Crippen LogP contribution in [-0.2, 0) is 0 Å². The van der Waals surface area contributed by atoms with Crippen LogP contribution in [0.2, 0.25) is 0 Å². The minimum atomic E-state index is -4.31. The van der Waals surface area contributed by atoms with E-state index in [-0.39, 0.29) is 41.0 Å². The Bertz CT molecular complexity index is 570. The van der Waals surface area contributed by atoms with Gasteiger partial charge in [-0.1, -0.05) is 0 Å². The van der Waals surface area contributed by atoms with Crippen molar-refractivity contribution in [2.24, 2.45) is 0 Å². The van der Waals surface area contributed by atoms with Gasteiger partial charge in [-0.05, 0) is 61.7 Å². The monoisotopic (exact) mass is 380 g/mol. The standard InChI is InChI=1S/C16H19F3N2OS.ClH/c1-21(13-8-11-4-5-12(9-13)20-11)15(22)10-2-6-14(7-3-10)23-16(17,18)19;/h2-3,6-7,11-13,20H,4-5,8-9H2,1H3;1H. The van der Waals surface area contributed by atoms with Crippen LogP contribution in [0.3, 0.4) is 0 Å². The van der Waals surface area contributed by atoms with Crippen LogP contribution in [-0.4, -0.2) is 41.5 Å². The zero-order valence-electron chi connectivity index (χ0n) is 13.2. The molecular weight excluding hydrogens is 361 g/mol. The van der Waals surface area contributed by atoms with Crippen LogP contribution in [0.4, 0.5) is 13.2 Å². The number of rotatable bonds is 3. The third kappa shape index (κ3) is 4.58. The maximum atomic E-state index is 12.6. The quantitative estimate of drug-likeness (QED) is 0.802. The fourth-order valence-electron chi connectivity index (χ4n) is 3.51. The van der Waals surface area contributed by atoms with Crippen LogP contribution in [0.15, 0.2) is 29.2 Å². The Morgan fingerprint density at radius 1 is 1.17 bits per heavy atom. The molecule has 0 spiro atoms. The normalized spacial score (nSPS) is 25.9. The van der Waals surface area contributed by atoms with E-state index in [4.69, 9.17) is 0 Å². The van der Waals surface area contributed by atoms with Crippen molar-refractivity contribution in [2.75, 3.05) is 7.05 Å². The van der Waals surface area contributed by atoms with E-state index in [0.717, 1.165) is 25.7 Å². The van der Waals surface area contributed by atoms with Crippen LogP contribution < -0.4 is 5.32 Å². The number of hydrogen-bond donors (Lipinski definition) is 1. The minimum Gasteiger partial charge on any atom is -0.339 e. The number of carbonyl (C=O) groups excluding carboxylic acids is 1. The molecule has 3 rings (SSSR count). The molecule has 2 aliphatic rings. The maximum Gasteiger partial charge on any atom is 0.446 e. The molecule has 2 unspecified atom stereocenters. The highest BCUT2D eigenvalue weighted by atomic mass is 35.5. The van der Waals surface area contributed by atoms with Crippen molar-refractivity contribution in [3.63, 3.8) is 0 Å². The molecule has 1 N–H and O–H groups in total. The Morgan fingerprint density at radius 3 is 2.21 bits per heavy atom. The highest BCUT2D eigenvalue weighted by molar-refractivity contribution is 8.00. The van der Waals surface area contributed by atoms with Crippen molar-refractivity contribution in [3.05, 3.63) is 29.8 Å². The average molecular weight is 381 g/mol. The zero-order valence-corrected chi connectivity index (χ0v) is 14.8. The minimum absolute atomic E-state index is 0. The maximum absolute atomic E-state index is 12.6. The lowest BCUT2D eigenvalue weighted by molar-refractivity contribution is -0.0328.